The molecule has 0 aliphatic carbocycles. The van der Waals surface area contributed by atoms with E-state index in [0.29, 0.717) is 22.4 Å². The van der Waals surface area contributed by atoms with Gasteiger partial charge in [0.25, 0.3) is 0 Å². The van der Waals surface area contributed by atoms with E-state index in [4.69, 9.17) is 15.2 Å². The molecule has 0 spiro atoms. The molecule has 0 aliphatic rings. The Hall–Kier alpha value is -2.37. The zero-order chi connectivity index (χ0) is 12.6. The van der Waals surface area contributed by atoms with Crippen molar-refractivity contribution < 1.29 is 19.4 Å². The first-order chi connectivity index (χ1) is 8.08. The van der Waals surface area contributed by atoms with Gasteiger partial charge in [-0.1, -0.05) is 0 Å². The molecular formula is C11H12N2O4. The summed E-state index contributed by atoms with van der Waals surface area (Å²) in [5.74, 6) is 0.755. The van der Waals surface area contributed by atoms with Crippen molar-refractivity contribution in [3.63, 3.8) is 0 Å². The number of fused-ring (bicyclic) bond motifs is 1. The van der Waals surface area contributed by atoms with Gasteiger partial charge in [-0.15, -0.1) is 0 Å². The van der Waals surface area contributed by atoms with E-state index in [9.17, 15) is 9.90 Å². The quantitative estimate of drug-likeness (QED) is 0.822. The van der Waals surface area contributed by atoms with Crippen LogP contribution < -0.4 is 15.2 Å². The van der Waals surface area contributed by atoms with E-state index in [1.54, 1.807) is 12.1 Å². The topological polar surface area (TPSA) is 86.7 Å². The molecule has 1 heterocycles. The highest BCUT2D eigenvalue weighted by molar-refractivity contribution is 5.95. The minimum Gasteiger partial charge on any atom is -0.494 e. The van der Waals surface area contributed by atoms with E-state index in [1.807, 2.05) is 0 Å². The molecule has 1 aromatic carbocycles. The Kier molecular flexibility index (Phi) is 2.55. The first-order valence-electron chi connectivity index (χ1n) is 4.84. The normalized spacial score (nSPS) is 10.5. The van der Waals surface area contributed by atoms with Gasteiger partial charge in [0.05, 0.1) is 19.7 Å². The lowest BCUT2D eigenvalue weighted by atomic mass is 10.2. The number of methoxy groups -OCH3 is 2. The van der Waals surface area contributed by atoms with Gasteiger partial charge in [0.2, 0.25) is 0 Å². The van der Waals surface area contributed by atoms with Gasteiger partial charge in [0.1, 0.15) is 0 Å². The summed E-state index contributed by atoms with van der Waals surface area (Å²) in [5.41, 5.74) is 5.64. The number of aromatic nitrogens is 1. The van der Waals surface area contributed by atoms with Crippen LogP contribution in [0.15, 0.2) is 18.2 Å². The Morgan fingerprint density at radius 3 is 2.35 bits per heavy atom. The van der Waals surface area contributed by atoms with Gasteiger partial charge in [-0.25, -0.2) is 9.36 Å². The number of aromatic hydroxyl groups is 1. The van der Waals surface area contributed by atoms with E-state index in [-0.39, 0.29) is 5.88 Å². The van der Waals surface area contributed by atoms with E-state index < -0.39 is 6.03 Å². The third-order valence-electron chi connectivity index (χ3n) is 2.51. The van der Waals surface area contributed by atoms with Crippen LogP contribution >= 0.6 is 0 Å². The predicted molar refractivity (Wildman–Crippen MR) is 61.7 cm³/mol. The SMILES string of the molecule is COc1cc2cc(O)n(C(N)=O)c2cc1OC. The molecule has 0 aliphatic heterocycles. The van der Waals surface area contributed by atoms with Crippen molar-refractivity contribution in [1.82, 2.24) is 4.57 Å². The Balaban J connectivity index is 2.79. The van der Waals surface area contributed by atoms with Gasteiger partial charge in [0, 0.05) is 17.5 Å². The van der Waals surface area contributed by atoms with E-state index in [2.05, 4.69) is 0 Å². The Labute approximate surface area is 97.1 Å². The van der Waals surface area contributed by atoms with Crippen LogP contribution in [0.2, 0.25) is 0 Å². The largest absolute Gasteiger partial charge is 0.494 e. The van der Waals surface area contributed by atoms with Crippen LogP contribution in [0.4, 0.5) is 4.79 Å². The van der Waals surface area contributed by atoms with Gasteiger partial charge >= 0.3 is 6.03 Å². The second kappa shape index (κ2) is 3.89. The molecular weight excluding hydrogens is 224 g/mol. The summed E-state index contributed by atoms with van der Waals surface area (Å²) in [6, 6.07) is 3.92. The number of hydrogen-bond donors (Lipinski definition) is 2. The molecule has 2 rings (SSSR count). The van der Waals surface area contributed by atoms with Crippen molar-refractivity contribution in [3.05, 3.63) is 18.2 Å². The Bertz CT molecular complexity index is 589. The van der Waals surface area contributed by atoms with E-state index in [0.717, 1.165) is 4.57 Å². The van der Waals surface area contributed by atoms with Gasteiger partial charge in [0.15, 0.2) is 17.4 Å². The molecule has 6 heteroatoms. The van der Waals surface area contributed by atoms with Crippen LogP contribution in [0.5, 0.6) is 17.4 Å². The number of primary amides is 1. The average Bonchev–Trinajstić information content (AvgIpc) is 2.61. The number of rotatable bonds is 2. The molecule has 0 saturated carbocycles. The van der Waals surface area contributed by atoms with Crippen LogP contribution in [0.1, 0.15) is 0 Å². The van der Waals surface area contributed by atoms with Crippen molar-refractivity contribution in [1.29, 1.82) is 0 Å². The molecule has 3 N–H and O–H groups in total. The standard InChI is InChI=1S/C11H12N2O4/c1-16-8-3-6-4-10(14)13(11(12)15)7(6)5-9(8)17-2/h3-5,14H,1-2H3,(H2,12,15). The summed E-state index contributed by atoms with van der Waals surface area (Å²) in [7, 11) is 3.00. The number of nitrogens with two attached hydrogens (primary N) is 1. The first kappa shape index (κ1) is 11.1. The lowest BCUT2D eigenvalue weighted by Crippen LogP contribution is -2.18. The maximum atomic E-state index is 11.2. The molecule has 0 radical (unpaired) electrons. The van der Waals surface area contributed by atoms with Crippen molar-refractivity contribution in [2.24, 2.45) is 5.73 Å². The number of ether oxygens (including phenoxy) is 2. The van der Waals surface area contributed by atoms with E-state index >= 15 is 0 Å². The van der Waals surface area contributed by atoms with Gasteiger partial charge in [-0.2, -0.15) is 0 Å². The molecule has 1 aromatic heterocycles. The summed E-state index contributed by atoms with van der Waals surface area (Å²) >= 11 is 0. The fourth-order valence-corrected chi connectivity index (χ4v) is 1.75. The smallest absolute Gasteiger partial charge is 0.326 e. The second-order valence-corrected chi connectivity index (χ2v) is 3.44. The highest BCUT2D eigenvalue weighted by Crippen LogP contribution is 2.35. The van der Waals surface area contributed by atoms with Crippen LogP contribution in [-0.4, -0.2) is 29.9 Å². The fourth-order valence-electron chi connectivity index (χ4n) is 1.75. The minimum absolute atomic E-state index is 0.220. The first-order valence-corrected chi connectivity index (χ1v) is 4.84. The summed E-state index contributed by atoms with van der Waals surface area (Å²) in [6.07, 6.45) is 0. The minimum atomic E-state index is -0.760. The molecule has 17 heavy (non-hydrogen) atoms. The van der Waals surface area contributed by atoms with Crippen molar-refractivity contribution >= 4 is 16.9 Å². The predicted octanol–water partition coefficient (Wildman–Crippen LogP) is 1.29. The summed E-state index contributed by atoms with van der Waals surface area (Å²) < 4.78 is 11.2. The van der Waals surface area contributed by atoms with Gasteiger partial charge < -0.3 is 20.3 Å². The van der Waals surface area contributed by atoms with Gasteiger partial charge in [-0.05, 0) is 6.07 Å². The second-order valence-electron chi connectivity index (χ2n) is 3.44. The number of nitrogens with zero attached hydrogens (tertiary/aromatic N) is 1. The molecule has 90 valence electrons. The van der Waals surface area contributed by atoms with Crippen LogP contribution in [0.25, 0.3) is 10.9 Å². The lowest BCUT2D eigenvalue weighted by molar-refractivity contribution is 0.248. The van der Waals surface area contributed by atoms with Gasteiger partial charge in [-0.3, -0.25) is 0 Å². The van der Waals surface area contributed by atoms with Crippen molar-refractivity contribution in [3.8, 4) is 17.4 Å². The highest BCUT2D eigenvalue weighted by atomic mass is 16.5. The third-order valence-corrected chi connectivity index (χ3v) is 2.51. The highest BCUT2D eigenvalue weighted by Gasteiger charge is 2.15. The van der Waals surface area contributed by atoms with E-state index in [1.165, 1.54) is 20.3 Å². The molecule has 0 unspecified atom stereocenters. The zero-order valence-corrected chi connectivity index (χ0v) is 9.43. The summed E-state index contributed by atoms with van der Waals surface area (Å²) in [5, 5.41) is 10.3. The number of carbonyl (C=O) groups excluding carboxylic acids is 1. The molecule has 0 bridgehead atoms. The zero-order valence-electron chi connectivity index (χ0n) is 9.43. The number of hydrogen-bond acceptors (Lipinski definition) is 4. The Morgan fingerprint density at radius 2 is 1.82 bits per heavy atom. The van der Waals surface area contributed by atoms with Crippen molar-refractivity contribution in [2.75, 3.05) is 14.2 Å². The number of amides is 1. The summed E-state index contributed by atoms with van der Waals surface area (Å²) in [6.45, 7) is 0. The van der Waals surface area contributed by atoms with Crippen LogP contribution in [-0.2, 0) is 0 Å². The Morgan fingerprint density at radius 1 is 1.24 bits per heavy atom. The maximum absolute atomic E-state index is 11.2. The monoisotopic (exact) mass is 236 g/mol. The molecule has 1 amide bonds. The molecule has 0 fully saturated rings. The molecule has 2 aromatic rings. The molecule has 6 nitrogen and oxygen atoms in total. The lowest BCUT2D eigenvalue weighted by Gasteiger charge is -2.08. The third kappa shape index (κ3) is 1.63. The molecule has 0 atom stereocenters. The number of benzene rings is 1. The maximum Gasteiger partial charge on any atom is 0.326 e. The number of carbonyl (C=O) groups is 1. The van der Waals surface area contributed by atoms with Crippen LogP contribution in [0, 0.1) is 0 Å². The average molecular weight is 236 g/mol. The summed E-state index contributed by atoms with van der Waals surface area (Å²) in [4.78, 5) is 11.2. The van der Waals surface area contributed by atoms with Crippen molar-refractivity contribution in [2.45, 2.75) is 0 Å². The van der Waals surface area contributed by atoms with Crippen LogP contribution in [0.3, 0.4) is 0 Å². The molecule has 0 saturated heterocycles. The fraction of sp³-hybridized carbons (Fsp3) is 0.182.